The highest BCUT2D eigenvalue weighted by atomic mass is 19.1. The van der Waals surface area contributed by atoms with Crippen LogP contribution in [0, 0.1) is 11.7 Å². The highest BCUT2D eigenvalue weighted by Gasteiger charge is 2.41. The number of halogens is 1. The Hall–Kier alpha value is -0.890. The molecule has 1 aliphatic carbocycles. The Morgan fingerprint density at radius 1 is 1.54 bits per heavy atom. The van der Waals surface area contributed by atoms with Crippen LogP contribution >= 0.6 is 0 Å². The fraction of sp³-hybridized carbons (Fsp3) is 0.455. The average molecular weight is 179 g/mol. The van der Waals surface area contributed by atoms with Gasteiger partial charge in [0.05, 0.1) is 0 Å². The van der Waals surface area contributed by atoms with E-state index in [4.69, 9.17) is 5.73 Å². The molecule has 1 aliphatic rings. The van der Waals surface area contributed by atoms with E-state index in [1.807, 2.05) is 6.07 Å². The van der Waals surface area contributed by atoms with Gasteiger partial charge >= 0.3 is 0 Å². The van der Waals surface area contributed by atoms with Gasteiger partial charge < -0.3 is 5.73 Å². The summed E-state index contributed by atoms with van der Waals surface area (Å²) >= 11 is 0. The Labute approximate surface area is 77.8 Å². The molecule has 70 valence electrons. The number of nitrogens with two attached hydrogens (primary N) is 1. The zero-order chi connectivity index (χ0) is 9.47. The van der Waals surface area contributed by atoms with Gasteiger partial charge in [-0.3, -0.25) is 0 Å². The van der Waals surface area contributed by atoms with Gasteiger partial charge in [0.25, 0.3) is 0 Å². The number of benzene rings is 1. The first-order valence-corrected chi connectivity index (χ1v) is 4.68. The minimum absolute atomic E-state index is 0.193. The van der Waals surface area contributed by atoms with E-state index in [-0.39, 0.29) is 11.4 Å². The van der Waals surface area contributed by atoms with Crippen molar-refractivity contribution in [2.75, 3.05) is 0 Å². The molecule has 0 heterocycles. The van der Waals surface area contributed by atoms with Crippen LogP contribution in [0.1, 0.15) is 25.3 Å². The molecule has 0 saturated heterocycles. The second-order valence-corrected chi connectivity index (χ2v) is 3.99. The third kappa shape index (κ3) is 1.25. The lowest BCUT2D eigenvalue weighted by Crippen LogP contribution is -2.50. The average Bonchev–Trinajstić information content (AvgIpc) is 2.14. The molecule has 2 N–H and O–H groups in total. The van der Waals surface area contributed by atoms with Crippen LogP contribution in [0.25, 0.3) is 0 Å². The molecule has 0 aromatic heterocycles. The van der Waals surface area contributed by atoms with Crippen molar-refractivity contribution in [3.8, 4) is 0 Å². The van der Waals surface area contributed by atoms with Gasteiger partial charge in [0.1, 0.15) is 5.82 Å². The Bertz CT molecular complexity index is 324. The standard InChI is InChI=1S/C11H14FN/c1-8-5-6-11(8,13)9-3-2-4-10(12)7-9/h2-4,7-8H,5-6,13H2,1H3. The molecule has 1 aromatic rings. The first-order chi connectivity index (χ1) is 6.13. The first kappa shape index (κ1) is 8.70. The third-order valence-electron chi connectivity index (χ3n) is 3.23. The molecule has 0 amide bonds. The summed E-state index contributed by atoms with van der Waals surface area (Å²) in [6, 6.07) is 6.65. The second kappa shape index (κ2) is 2.81. The summed E-state index contributed by atoms with van der Waals surface area (Å²) in [5.41, 5.74) is 6.83. The monoisotopic (exact) mass is 179 g/mol. The summed E-state index contributed by atoms with van der Waals surface area (Å²) in [5.74, 6) is 0.274. The molecule has 0 bridgehead atoms. The van der Waals surface area contributed by atoms with Gasteiger partial charge in [0.2, 0.25) is 0 Å². The van der Waals surface area contributed by atoms with Crippen LogP contribution in [0.5, 0.6) is 0 Å². The van der Waals surface area contributed by atoms with E-state index < -0.39 is 0 Å². The molecule has 1 aromatic carbocycles. The first-order valence-electron chi connectivity index (χ1n) is 4.68. The zero-order valence-electron chi connectivity index (χ0n) is 7.76. The summed E-state index contributed by atoms with van der Waals surface area (Å²) in [4.78, 5) is 0. The number of rotatable bonds is 1. The van der Waals surface area contributed by atoms with Crippen LogP contribution in [-0.4, -0.2) is 0 Å². The molecule has 0 spiro atoms. The lowest BCUT2D eigenvalue weighted by molar-refractivity contribution is 0.144. The van der Waals surface area contributed by atoms with E-state index in [1.54, 1.807) is 12.1 Å². The molecule has 1 fully saturated rings. The summed E-state index contributed by atoms with van der Waals surface area (Å²) in [7, 11) is 0. The maximum atomic E-state index is 12.9. The summed E-state index contributed by atoms with van der Waals surface area (Å²) in [5, 5.41) is 0. The van der Waals surface area contributed by atoms with Crippen molar-refractivity contribution in [2.24, 2.45) is 11.7 Å². The Balaban J connectivity index is 2.35. The molecule has 2 heteroatoms. The largest absolute Gasteiger partial charge is 0.321 e. The van der Waals surface area contributed by atoms with E-state index in [9.17, 15) is 4.39 Å². The van der Waals surface area contributed by atoms with Crippen molar-refractivity contribution in [3.05, 3.63) is 35.6 Å². The predicted molar refractivity (Wildman–Crippen MR) is 50.7 cm³/mol. The normalized spacial score (nSPS) is 32.7. The quantitative estimate of drug-likeness (QED) is 0.704. The smallest absolute Gasteiger partial charge is 0.123 e. The van der Waals surface area contributed by atoms with Gasteiger partial charge in [0.15, 0.2) is 0 Å². The molecule has 2 atom stereocenters. The molecule has 13 heavy (non-hydrogen) atoms. The fourth-order valence-corrected chi connectivity index (χ4v) is 1.95. The van der Waals surface area contributed by atoms with Crippen molar-refractivity contribution in [3.63, 3.8) is 0 Å². The van der Waals surface area contributed by atoms with Gasteiger partial charge in [-0.1, -0.05) is 19.1 Å². The Morgan fingerprint density at radius 2 is 2.31 bits per heavy atom. The van der Waals surface area contributed by atoms with Gasteiger partial charge in [-0.05, 0) is 36.5 Å². The topological polar surface area (TPSA) is 26.0 Å². The van der Waals surface area contributed by atoms with Crippen molar-refractivity contribution in [2.45, 2.75) is 25.3 Å². The predicted octanol–water partition coefficient (Wildman–Crippen LogP) is 2.41. The van der Waals surface area contributed by atoms with E-state index in [1.165, 1.54) is 6.07 Å². The lowest BCUT2D eigenvalue weighted by Gasteiger charge is -2.45. The second-order valence-electron chi connectivity index (χ2n) is 3.99. The Kier molecular flexibility index (Phi) is 1.88. The van der Waals surface area contributed by atoms with Gasteiger partial charge in [-0.15, -0.1) is 0 Å². The van der Waals surface area contributed by atoms with Crippen molar-refractivity contribution >= 4 is 0 Å². The number of hydrogen-bond acceptors (Lipinski definition) is 1. The summed E-state index contributed by atoms with van der Waals surface area (Å²) in [6.07, 6.45) is 2.12. The van der Waals surface area contributed by atoms with E-state index in [0.717, 1.165) is 18.4 Å². The highest BCUT2D eigenvalue weighted by Crippen LogP contribution is 2.43. The van der Waals surface area contributed by atoms with Crippen LogP contribution < -0.4 is 5.73 Å². The van der Waals surface area contributed by atoms with Crippen molar-refractivity contribution < 1.29 is 4.39 Å². The van der Waals surface area contributed by atoms with Crippen LogP contribution in [-0.2, 0) is 5.54 Å². The minimum atomic E-state index is -0.276. The van der Waals surface area contributed by atoms with E-state index in [2.05, 4.69) is 6.92 Å². The highest BCUT2D eigenvalue weighted by molar-refractivity contribution is 5.28. The Morgan fingerprint density at radius 3 is 2.77 bits per heavy atom. The number of hydrogen-bond donors (Lipinski definition) is 1. The maximum Gasteiger partial charge on any atom is 0.123 e. The zero-order valence-corrected chi connectivity index (χ0v) is 7.76. The van der Waals surface area contributed by atoms with Gasteiger partial charge in [-0.25, -0.2) is 4.39 Å². The molecule has 1 saturated carbocycles. The summed E-state index contributed by atoms with van der Waals surface area (Å²) < 4.78 is 12.9. The van der Waals surface area contributed by atoms with Crippen LogP contribution in [0.15, 0.2) is 24.3 Å². The molecule has 1 nitrogen and oxygen atoms in total. The van der Waals surface area contributed by atoms with E-state index >= 15 is 0 Å². The van der Waals surface area contributed by atoms with Crippen LogP contribution in [0.2, 0.25) is 0 Å². The van der Waals surface area contributed by atoms with Gasteiger partial charge in [0, 0.05) is 5.54 Å². The van der Waals surface area contributed by atoms with E-state index in [0.29, 0.717) is 5.92 Å². The molecule has 0 aliphatic heterocycles. The molecule has 0 radical (unpaired) electrons. The third-order valence-corrected chi connectivity index (χ3v) is 3.23. The fourth-order valence-electron chi connectivity index (χ4n) is 1.95. The van der Waals surface area contributed by atoms with Crippen LogP contribution in [0.3, 0.4) is 0 Å². The van der Waals surface area contributed by atoms with Crippen molar-refractivity contribution in [1.29, 1.82) is 0 Å². The molecular weight excluding hydrogens is 165 g/mol. The maximum absolute atomic E-state index is 12.9. The molecular formula is C11H14FN. The lowest BCUT2D eigenvalue weighted by atomic mass is 9.64. The van der Waals surface area contributed by atoms with Crippen molar-refractivity contribution in [1.82, 2.24) is 0 Å². The molecule has 2 unspecified atom stereocenters. The minimum Gasteiger partial charge on any atom is -0.321 e. The molecule has 2 rings (SSSR count). The SMILES string of the molecule is CC1CCC1(N)c1cccc(F)c1. The van der Waals surface area contributed by atoms with Gasteiger partial charge in [-0.2, -0.15) is 0 Å². The summed E-state index contributed by atoms with van der Waals surface area (Å²) in [6.45, 7) is 2.12. The van der Waals surface area contributed by atoms with Crippen LogP contribution in [0.4, 0.5) is 4.39 Å².